The van der Waals surface area contributed by atoms with E-state index in [9.17, 15) is 4.79 Å². The molecule has 1 saturated heterocycles. The average Bonchev–Trinajstić information content (AvgIpc) is 3.10. The number of hydrogen-bond acceptors (Lipinski definition) is 5. The lowest BCUT2D eigenvalue weighted by molar-refractivity contribution is -0.133. The Labute approximate surface area is 146 Å². The Kier molecular flexibility index (Phi) is 4.74. The third-order valence-corrected chi connectivity index (χ3v) is 6.08. The summed E-state index contributed by atoms with van der Waals surface area (Å²) in [6.07, 6.45) is 7.31. The van der Waals surface area contributed by atoms with E-state index in [1.165, 1.54) is 0 Å². The van der Waals surface area contributed by atoms with Crippen LogP contribution < -0.4 is 5.32 Å². The van der Waals surface area contributed by atoms with Crippen LogP contribution in [-0.4, -0.2) is 53.9 Å². The second-order valence-electron chi connectivity index (χ2n) is 7.09. The van der Waals surface area contributed by atoms with Gasteiger partial charge in [-0.1, -0.05) is 6.42 Å². The minimum absolute atomic E-state index is 0.0783. The highest BCUT2D eigenvalue weighted by molar-refractivity contribution is 7.09. The van der Waals surface area contributed by atoms with Gasteiger partial charge in [0.1, 0.15) is 5.01 Å². The fourth-order valence-corrected chi connectivity index (χ4v) is 4.39. The van der Waals surface area contributed by atoms with E-state index in [1.807, 2.05) is 10.3 Å². The summed E-state index contributed by atoms with van der Waals surface area (Å²) in [7, 11) is 0. The number of thiazole rings is 1. The van der Waals surface area contributed by atoms with Crippen molar-refractivity contribution < 1.29 is 14.3 Å². The quantitative estimate of drug-likeness (QED) is 0.885. The smallest absolute Gasteiger partial charge is 0.317 e. The predicted octanol–water partition coefficient (Wildman–Crippen LogP) is 2.40. The molecule has 0 radical (unpaired) electrons. The van der Waals surface area contributed by atoms with Crippen LogP contribution in [0.5, 0.6) is 0 Å². The zero-order valence-electron chi connectivity index (χ0n) is 13.9. The molecule has 24 heavy (non-hydrogen) atoms. The molecule has 1 N–H and O–H groups in total. The molecular weight excluding hydrogens is 326 g/mol. The molecule has 3 aliphatic rings. The van der Waals surface area contributed by atoms with Gasteiger partial charge in [0, 0.05) is 30.1 Å². The molecule has 2 saturated carbocycles. The molecule has 4 rings (SSSR count). The molecule has 2 heterocycles. The number of rotatable bonds is 5. The third-order valence-electron chi connectivity index (χ3n) is 5.33. The summed E-state index contributed by atoms with van der Waals surface area (Å²) >= 11 is 1.62. The van der Waals surface area contributed by atoms with Crippen molar-refractivity contribution in [1.82, 2.24) is 15.2 Å². The average molecular weight is 351 g/mol. The molecule has 2 atom stereocenters. The molecule has 7 heteroatoms. The molecule has 1 spiro atoms. The first kappa shape index (κ1) is 16.3. The van der Waals surface area contributed by atoms with Crippen LogP contribution in [0.1, 0.15) is 37.1 Å². The summed E-state index contributed by atoms with van der Waals surface area (Å²) < 4.78 is 12.1. The molecule has 2 amide bonds. The maximum atomic E-state index is 12.4. The van der Waals surface area contributed by atoms with Crippen molar-refractivity contribution in [1.29, 1.82) is 0 Å². The fourth-order valence-electron chi connectivity index (χ4n) is 3.83. The normalized spacial score (nSPS) is 30.0. The lowest BCUT2D eigenvalue weighted by Gasteiger charge is -2.44. The summed E-state index contributed by atoms with van der Waals surface area (Å²) in [5.41, 5.74) is -0.220. The molecule has 1 aliphatic heterocycles. The first-order chi connectivity index (χ1) is 11.8. The Morgan fingerprint density at radius 2 is 2.42 bits per heavy atom. The molecule has 0 bridgehead atoms. The Balaban J connectivity index is 1.33. The van der Waals surface area contributed by atoms with Gasteiger partial charge in [-0.2, -0.15) is 0 Å². The number of aromatic nitrogens is 1. The molecule has 1 aromatic rings. The van der Waals surface area contributed by atoms with Crippen molar-refractivity contribution in [2.45, 2.75) is 50.4 Å². The SMILES string of the molecule is O=C(NC1CC1)N1CCO[C@]2(CCC[C@H]2COCc2nccs2)C1. The van der Waals surface area contributed by atoms with E-state index in [1.54, 1.807) is 17.5 Å². The molecule has 0 unspecified atom stereocenters. The number of ether oxygens (including phenoxy) is 2. The van der Waals surface area contributed by atoms with Gasteiger partial charge < -0.3 is 19.7 Å². The fraction of sp³-hybridized carbons (Fsp3) is 0.765. The number of carbonyl (C=O) groups excluding carboxylic acids is 1. The van der Waals surface area contributed by atoms with Gasteiger partial charge in [-0.15, -0.1) is 11.3 Å². The van der Waals surface area contributed by atoms with Crippen molar-refractivity contribution in [3.05, 3.63) is 16.6 Å². The molecule has 0 aromatic carbocycles. The summed E-state index contributed by atoms with van der Waals surface area (Å²) in [5, 5.41) is 6.08. The Morgan fingerprint density at radius 3 is 3.21 bits per heavy atom. The molecular formula is C17H25N3O3S. The zero-order chi connectivity index (χ0) is 16.4. The largest absolute Gasteiger partial charge is 0.374 e. The van der Waals surface area contributed by atoms with E-state index < -0.39 is 0 Å². The van der Waals surface area contributed by atoms with Crippen LogP contribution in [0.3, 0.4) is 0 Å². The second kappa shape index (κ2) is 6.98. The van der Waals surface area contributed by atoms with E-state index >= 15 is 0 Å². The van der Waals surface area contributed by atoms with Crippen LogP contribution in [0.2, 0.25) is 0 Å². The lowest BCUT2D eigenvalue weighted by Crippen LogP contribution is -2.58. The topological polar surface area (TPSA) is 63.7 Å². The van der Waals surface area contributed by atoms with Crippen molar-refractivity contribution in [3.63, 3.8) is 0 Å². The number of hydrogen-bond donors (Lipinski definition) is 1. The van der Waals surface area contributed by atoms with E-state index in [-0.39, 0.29) is 11.6 Å². The Bertz CT molecular complexity index is 563. The van der Waals surface area contributed by atoms with Gasteiger partial charge in [-0.25, -0.2) is 9.78 Å². The van der Waals surface area contributed by atoms with Crippen LogP contribution in [0, 0.1) is 5.92 Å². The van der Waals surface area contributed by atoms with Gasteiger partial charge in [-0.3, -0.25) is 0 Å². The monoisotopic (exact) mass is 351 g/mol. The van der Waals surface area contributed by atoms with Crippen LogP contribution >= 0.6 is 11.3 Å². The van der Waals surface area contributed by atoms with Gasteiger partial charge in [0.2, 0.25) is 0 Å². The first-order valence-corrected chi connectivity index (χ1v) is 9.79. The molecule has 3 fully saturated rings. The van der Waals surface area contributed by atoms with Gasteiger partial charge in [0.05, 0.1) is 32.0 Å². The van der Waals surface area contributed by atoms with Gasteiger partial charge in [0.15, 0.2) is 0 Å². The number of amides is 2. The molecule has 132 valence electrons. The summed E-state index contributed by atoms with van der Waals surface area (Å²) in [6.45, 7) is 3.25. The standard InChI is InChI=1S/C17H25N3O3S/c21-16(19-14-3-4-14)20-7-8-23-17(12-20)5-1-2-13(17)10-22-11-15-18-6-9-24-15/h6,9,13-14H,1-5,7-8,10-12H2,(H,19,21)/t13-,17+/m0/s1. The maximum Gasteiger partial charge on any atom is 0.317 e. The van der Waals surface area contributed by atoms with Gasteiger partial charge >= 0.3 is 6.03 Å². The number of urea groups is 1. The van der Waals surface area contributed by atoms with Crippen molar-refractivity contribution in [2.75, 3.05) is 26.3 Å². The minimum Gasteiger partial charge on any atom is -0.374 e. The highest BCUT2D eigenvalue weighted by atomic mass is 32.1. The molecule has 1 aromatic heterocycles. The summed E-state index contributed by atoms with van der Waals surface area (Å²) in [4.78, 5) is 18.6. The van der Waals surface area contributed by atoms with E-state index in [2.05, 4.69) is 10.3 Å². The number of morpholine rings is 1. The highest BCUT2D eigenvalue weighted by Gasteiger charge is 2.48. The minimum atomic E-state index is -0.220. The third kappa shape index (κ3) is 3.58. The van der Waals surface area contributed by atoms with Crippen LogP contribution in [0.4, 0.5) is 4.79 Å². The number of carbonyl (C=O) groups is 1. The zero-order valence-corrected chi connectivity index (χ0v) is 14.7. The van der Waals surface area contributed by atoms with Crippen LogP contribution in [-0.2, 0) is 16.1 Å². The van der Waals surface area contributed by atoms with E-state index in [0.29, 0.717) is 44.9 Å². The molecule has 6 nitrogen and oxygen atoms in total. The predicted molar refractivity (Wildman–Crippen MR) is 90.9 cm³/mol. The lowest BCUT2D eigenvalue weighted by atomic mass is 9.89. The Hall–Kier alpha value is -1.18. The van der Waals surface area contributed by atoms with Crippen molar-refractivity contribution >= 4 is 17.4 Å². The first-order valence-electron chi connectivity index (χ1n) is 8.91. The van der Waals surface area contributed by atoms with Crippen LogP contribution in [0.15, 0.2) is 11.6 Å². The van der Waals surface area contributed by atoms with E-state index in [4.69, 9.17) is 9.47 Å². The van der Waals surface area contributed by atoms with Gasteiger partial charge in [-0.05, 0) is 25.7 Å². The Morgan fingerprint density at radius 1 is 1.50 bits per heavy atom. The van der Waals surface area contributed by atoms with Crippen LogP contribution in [0.25, 0.3) is 0 Å². The van der Waals surface area contributed by atoms with Crippen molar-refractivity contribution in [2.24, 2.45) is 5.92 Å². The second-order valence-corrected chi connectivity index (χ2v) is 8.07. The molecule has 2 aliphatic carbocycles. The number of nitrogens with one attached hydrogen (secondary N) is 1. The van der Waals surface area contributed by atoms with Crippen molar-refractivity contribution in [3.8, 4) is 0 Å². The highest BCUT2D eigenvalue weighted by Crippen LogP contribution is 2.41. The maximum absolute atomic E-state index is 12.4. The number of nitrogens with zero attached hydrogens (tertiary/aromatic N) is 2. The van der Waals surface area contributed by atoms with E-state index in [0.717, 1.165) is 37.1 Å². The summed E-state index contributed by atoms with van der Waals surface area (Å²) in [5.74, 6) is 0.356. The van der Waals surface area contributed by atoms with Gasteiger partial charge in [0.25, 0.3) is 0 Å². The summed E-state index contributed by atoms with van der Waals surface area (Å²) in [6, 6.07) is 0.479.